The molecular weight excluding hydrogens is 200 g/mol. The number of nitrogens with zero attached hydrogens (tertiary/aromatic N) is 1. The first-order chi connectivity index (χ1) is 7.84. The summed E-state index contributed by atoms with van der Waals surface area (Å²) in [4.78, 5) is 2.40. The summed E-state index contributed by atoms with van der Waals surface area (Å²) in [5.41, 5.74) is 0. The van der Waals surface area contributed by atoms with E-state index in [0.29, 0.717) is 0 Å². The average Bonchev–Trinajstić information content (AvgIpc) is 2.96. The zero-order chi connectivity index (χ0) is 11.2. The molecule has 2 fully saturated rings. The molecule has 2 rings (SSSR count). The van der Waals surface area contributed by atoms with Crippen LogP contribution in [0.5, 0.6) is 0 Å². The smallest absolute Gasteiger partial charge is 0.0593 e. The first kappa shape index (κ1) is 12.3. The second-order valence-electron chi connectivity index (χ2n) is 5.40. The van der Waals surface area contributed by atoms with Crippen molar-refractivity contribution in [3.8, 4) is 0 Å². The van der Waals surface area contributed by atoms with E-state index in [-0.39, 0.29) is 0 Å². The van der Waals surface area contributed by atoms with Gasteiger partial charge in [0.2, 0.25) is 0 Å². The molecule has 1 saturated heterocycles. The molecule has 94 valence electrons. The summed E-state index contributed by atoms with van der Waals surface area (Å²) < 4.78 is 5.64. The van der Waals surface area contributed by atoms with Crippen molar-refractivity contribution in [1.82, 2.24) is 10.2 Å². The first-order valence-corrected chi connectivity index (χ1v) is 6.84. The van der Waals surface area contributed by atoms with Crippen LogP contribution in [0, 0.1) is 5.92 Å². The van der Waals surface area contributed by atoms with Crippen LogP contribution in [0.1, 0.15) is 32.1 Å². The molecule has 0 aromatic carbocycles. The normalized spacial score (nSPS) is 25.5. The third-order valence-electron chi connectivity index (χ3n) is 3.69. The fourth-order valence-electron chi connectivity index (χ4n) is 2.25. The van der Waals surface area contributed by atoms with Crippen molar-refractivity contribution < 1.29 is 4.74 Å². The Morgan fingerprint density at radius 3 is 2.81 bits per heavy atom. The van der Waals surface area contributed by atoms with Crippen molar-refractivity contribution in [2.75, 3.05) is 39.9 Å². The van der Waals surface area contributed by atoms with E-state index in [2.05, 4.69) is 17.3 Å². The Hall–Kier alpha value is -0.120. The van der Waals surface area contributed by atoms with Crippen LogP contribution in [-0.4, -0.2) is 50.8 Å². The van der Waals surface area contributed by atoms with Crippen molar-refractivity contribution in [2.45, 2.75) is 38.1 Å². The predicted octanol–water partition coefficient (Wildman–Crippen LogP) is 1.49. The van der Waals surface area contributed by atoms with Crippen molar-refractivity contribution in [3.63, 3.8) is 0 Å². The Kier molecular flexibility index (Phi) is 5.07. The Morgan fingerprint density at radius 1 is 1.25 bits per heavy atom. The highest BCUT2D eigenvalue weighted by Crippen LogP contribution is 2.28. The molecular formula is C13H26N2O. The molecule has 3 heteroatoms. The summed E-state index contributed by atoms with van der Waals surface area (Å²) in [7, 11) is 2.20. The van der Waals surface area contributed by atoms with E-state index >= 15 is 0 Å². The van der Waals surface area contributed by atoms with Crippen molar-refractivity contribution in [1.29, 1.82) is 0 Å². The Morgan fingerprint density at radius 2 is 2.12 bits per heavy atom. The lowest BCUT2D eigenvalue weighted by Crippen LogP contribution is -2.30. The van der Waals surface area contributed by atoms with Gasteiger partial charge in [0.25, 0.3) is 0 Å². The van der Waals surface area contributed by atoms with Crippen molar-refractivity contribution in [3.05, 3.63) is 0 Å². The maximum absolute atomic E-state index is 5.64. The van der Waals surface area contributed by atoms with E-state index in [0.717, 1.165) is 31.7 Å². The van der Waals surface area contributed by atoms with Crippen LogP contribution in [0.25, 0.3) is 0 Å². The lowest BCUT2D eigenvalue weighted by molar-refractivity contribution is 0.102. The van der Waals surface area contributed by atoms with Gasteiger partial charge in [0.15, 0.2) is 0 Å². The second kappa shape index (κ2) is 6.58. The summed E-state index contributed by atoms with van der Waals surface area (Å²) in [6.45, 7) is 5.41. The van der Waals surface area contributed by atoms with Gasteiger partial charge in [-0.25, -0.2) is 0 Å². The van der Waals surface area contributed by atoms with Gasteiger partial charge >= 0.3 is 0 Å². The van der Waals surface area contributed by atoms with Gasteiger partial charge in [0, 0.05) is 19.2 Å². The molecule has 0 aromatic heterocycles. The fourth-order valence-corrected chi connectivity index (χ4v) is 2.25. The van der Waals surface area contributed by atoms with Gasteiger partial charge in [-0.05, 0) is 58.2 Å². The molecule has 0 amide bonds. The summed E-state index contributed by atoms with van der Waals surface area (Å²) in [6, 6.07) is 0.773. The van der Waals surface area contributed by atoms with Crippen LogP contribution in [0.2, 0.25) is 0 Å². The maximum atomic E-state index is 5.64. The SMILES string of the molecule is CN(CCOCC1CC1)CCC1CCCN1. The van der Waals surface area contributed by atoms with Crippen molar-refractivity contribution >= 4 is 0 Å². The lowest BCUT2D eigenvalue weighted by Gasteiger charge is -2.19. The van der Waals surface area contributed by atoms with Crippen LogP contribution in [0.4, 0.5) is 0 Å². The van der Waals surface area contributed by atoms with Crippen LogP contribution < -0.4 is 5.32 Å². The van der Waals surface area contributed by atoms with Gasteiger partial charge in [0.1, 0.15) is 0 Å². The second-order valence-corrected chi connectivity index (χ2v) is 5.40. The lowest BCUT2D eigenvalue weighted by atomic mass is 10.1. The quantitative estimate of drug-likeness (QED) is 0.635. The molecule has 0 aromatic rings. The molecule has 1 aliphatic carbocycles. The zero-order valence-electron chi connectivity index (χ0n) is 10.6. The van der Waals surface area contributed by atoms with Gasteiger partial charge in [-0.15, -0.1) is 0 Å². The van der Waals surface area contributed by atoms with Gasteiger partial charge in [0.05, 0.1) is 6.61 Å². The van der Waals surface area contributed by atoms with Crippen LogP contribution >= 0.6 is 0 Å². The Labute approximate surface area is 99.5 Å². The van der Waals surface area contributed by atoms with E-state index in [1.54, 1.807) is 0 Å². The molecule has 1 aliphatic heterocycles. The van der Waals surface area contributed by atoms with Crippen LogP contribution in [-0.2, 0) is 4.74 Å². The van der Waals surface area contributed by atoms with Crippen molar-refractivity contribution in [2.24, 2.45) is 5.92 Å². The largest absolute Gasteiger partial charge is 0.380 e. The number of ether oxygens (including phenoxy) is 1. The molecule has 1 saturated carbocycles. The van der Waals surface area contributed by atoms with E-state index in [1.165, 1.54) is 45.2 Å². The highest BCUT2D eigenvalue weighted by Gasteiger charge is 2.21. The van der Waals surface area contributed by atoms with E-state index in [1.807, 2.05) is 0 Å². The summed E-state index contributed by atoms with van der Waals surface area (Å²) in [5, 5.41) is 3.54. The minimum absolute atomic E-state index is 0.773. The molecule has 1 N–H and O–H groups in total. The van der Waals surface area contributed by atoms with E-state index in [9.17, 15) is 0 Å². The highest BCUT2D eigenvalue weighted by atomic mass is 16.5. The number of hydrogen-bond acceptors (Lipinski definition) is 3. The summed E-state index contributed by atoms with van der Waals surface area (Å²) in [6.07, 6.45) is 6.80. The molecule has 2 aliphatic rings. The first-order valence-electron chi connectivity index (χ1n) is 6.84. The molecule has 1 heterocycles. The monoisotopic (exact) mass is 226 g/mol. The van der Waals surface area contributed by atoms with Crippen LogP contribution in [0.3, 0.4) is 0 Å². The molecule has 0 radical (unpaired) electrons. The molecule has 0 bridgehead atoms. The minimum Gasteiger partial charge on any atom is -0.380 e. The van der Waals surface area contributed by atoms with Gasteiger partial charge in [-0.1, -0.05) is 0 Å². The van der Waals surface area contributed by atoms with E-state index < -0.39 is 0 Å². The molecule has 1 unspecified atom stereocenters. The van der Waals surface area contributed by atoms with E-state index in [4.69, 9.17) is 4.74 Å². The molecule has 16 heavy (non-hydrogen) atoms. The van der Waals surface area contributed by atoms with Gasteiger partial charge in [-0.3, -0.25) is 0 Å². The molecule has 1 atom stereocenters. The minimum atomic E-state index is 0.773. The standard InChI is InChI=1S/C13H26N2O/c1-15(8-6-13-3-2-7-14-13)9-10-16-11-12-4-5-12/h12-14H,2-11H2,1H3. The fraction of sp³-hybridized carbons (Fsp3) is 1.00. The number of hydrogen-bond donors (Lipinski definition) is 1. The van der Waals surface area contributed by atoms with Gasteiger partial charge < -0.3 is 15.0 Å². The number of nitrogens with one attached hydrogen (secondary N) is 1. The third kappa shape index (κ3) is 4.81. The van der Waals surface area contributed by atoms with Crippen LogP contribution in [0.15, 0.2) is 0 Å². The topological polar surface area (TPSA) is 24.5 Å². The number of likely N-dealkylation sites (N-methyl/N-ethyl adjacent to an activating group) is 1. The predicted molar refractivity (Wildman–Crippen MR) is 66.7 cm³/mol. The molecule has 3 nitrogen and oxygen atoms in total. The number of rotatable bonds is 8. The summed E-state index contributed by atoms with van der Waals surface area (Å²) in [5.74, 6) is 0.896. The maximum Gasteiger partial charge on any atom is 0.0593 e. The highest BCUT2D eigenvalue weighted by molar-refractivity contribution is 4.75. The average molecular weight is 226 g/mol. The van der Waals surface area contributed by atoms with Gasteiger partial charge in [-0.2, -0.15) is 0 Å². The molecule has 0 spiro atoms. The summed E-state index contributed by atoms with van der Waals surface area (Å²) >= 11 is 0. The zero-order valence-corrected chi connectivity index (χ0v) is 10.6. The third-order valence-corrected chi connectivity index (χ3v) is 3.69. The Bertz CT molecular complexity index is 188. The Balaban J connectivity index is 1.42.